The molecule has 0 saturated heterocycles. The molecule has 0 aromatic rings. The lowest BCUT2D eigenvalue weighted by Crippen LogP contribution is -2.52. The Labute approximate surface area is 121 Å². The Hall–Kier alpha value is -0.680. The van der Waals surface area contributed by atoms with Crippen LogP contribution in [0.4, 0.5) is 0 Å². The molecule has 1 fully saturated rings. The van der Waals surface area contributed by atoms with Gasteiger partial charge in [0, 0.05) is 13.6 Å². The minimum atomic E-state index is -0.765. The molecule has 1 saturated carbocycles. The van der Waals surface area contributed by atoms with E-state index in [4.69, 9.17) is 18.0 Å². The van der Waals surface area contributed by atoms with Crippen LogP contribution in [-0.4, -0.2) is 40.1 Å². The summed E-state index contributed by atoms with van der Waals surface area (Å²) in [5.41, 5.74) is 4.30. The van der Waals surface area contributed by atoms with Gasteiger partial charge < -0.3 is 15.7 Å². The van der Waals surface area contributed by atoms with Gasteiger partial charge in [0.15, 0.2) is 0 Å². The Morgan fingerprint density at radius 2 is 1.84 bits per heavy atom. The van der Waals surface area contributed by atoms with Gasteiger partial charge in [-0.15, -0.1) is 0 Å². The molecule has 5 heteroatoms. The van der Waals surface area contributed by atoms with Gasteiger partial charge in [0.1, 0.15) is 0 Å². The standard InChI is InChI=1S/C14H26N2O2S/c1-4-14(5-2,11(15)19)12(17)16(3)10-13(18)8-6-7-9-13/h18H,4-10H2,1-3H3,(H2,15,19). The van der Waals surface area contributed by atoms with Crippen molar-refractivity contribution in [2.45, 2.75) is 58.0 Å². The Bertz CT molecular complexity index is 347. The van der Waals surface area contributed by atoms with E-state index >= 15 is 0 Å². The summed E-state index contributed by atoms with van der Waals surface area (Å²) in [6.07, 6.45) is 4.79. The van der Waals surface area contributed by atoms with Crippen LogP contribution in [0.2, 0.25) is 0 Å². The maximum Gasteiger partial charge on any atom is 0.235 e. The highest BCUT2D eigenvalue weighted by atomic mass is 32.1. The molecule has 0 atom stereocenters. The Morgan fingerprint density at radius 3 is 2.21 bits per heavy atom. The van der Waals surface area contributed by atoms with E-state index in [0.29, 0.717) is 19.4 Å². The summed E-state index contributed by atoms with van der Waals surface area (Å²) in [6, 6.07) is 0. The Morgan fingerprint density at radius 1 is 1.37 bits per heavy atom. The van der Waals surface area contributed by atoms with Crippen LogP contribution in [-0.2, 0) is 4.79 Å². The van der Waals surface area contributed by atoms with Gasteiger partial charge in [-0.1, -0.05) is 38.9 Å². The number of nitrogens with zero attached hydrogens (tertiary/aromatic N) is 1. The first-order valence-electron chi connectivity index (χ1n) is 7.09. The molecule has 0 aliphatic heterocycles. The van der Waals surface area contributed by atoms with Gasteiger partial charge in [-0.3, -0.25) is 4.79 Å². The zero-order valence-corrected chi connectivity index (χ0v) is 13.1. The highest BCUT2D eigenvalue weighted by molar-refractivity contribution is 7.80. The number of carbonyl (C=O) groups excluding carboxylic acids is 1. The van der Waals surface area contributed by atoms with Crippen molar-refractivity contribution in [3.8, 4) is 0 Å². The quantitative estimate of drug-likeness (QED) is 0.731. The molecule has 19 heavy (non-hydrogen) atoms. The third-order valence-electron chi connectivity index (χ3n) is 4.50. The topological polar surface area (TPSA) is 66.6 Å². The third kappa shape index (κ3) is 3.26. The molecular formula is C14H26N2O2S. The molecule has 0 aromatic heterocycles. The molecule has 1 aliphatic carbocycles. The molecule has 1 amide bonds. The largest absolute Gasteiger partial charge is 0.392 e. The van der Waals surface area contributed by atoms with Crippen LogP contribution in [0.25, 0.3) is 0 Å². The van der Waals surface area contributed by atoms with Gasteiger partial charge in [0.05, 0.1) is 16.0 Å². The highest BCUT2D eigenvalue weighted by Crippen LogP contribution is 2.33. The number of aliphatic hydroxyl groups is 1. The monoisotopic (exact) mass is 286 g/mol. The average Bonchev–Trinajstić information content (AvgIpc) is 2.77. The predicted octanol–water partition coefficient (Wildman–Crippen LogP) is 1.84. The molecule has 1 rings (SSSR count). The van der Waals surface area contributed by atoms with Crippen LogP contribution in [0.5, 0.6) is 0 Å². The van der Waals surface area contributed by atoms with Crippen molar-refractivity contribution in [2.24, 2.45) is 11.1 Å². The molecular weight excluding hydrogens is 260 g/mol. The van der Waals surface area contributed by atoms with Crippen LogP contribution in [0.1, 0.15) is 52.4 Å². The number of hydrogen-bond acceptors (Lipinski definition) is 3. The van der Waals surface area contributed by atoms with E-state index in [2.05, 4.69) is 0 Å². The molecule has 0 spiro atoms. The van der Waals surface area contributed by atoms with E-state index in [1.807, 2.05) is 13.8 Å². The zero-order chi connectivity index (χ0) is 14.7. The smallest absolute Gasteiger partial charge is 0.235 e. The molecule has 0 unspecified atom stereocenters. The van der Waals surface area contributed by atoms with Gasteiger partial charge >= 0.3 is 0 Å². The SMILES string of the molecule is CCC(CC)(C(=O)N(C)CC1(O)CCCC1)C(N)=S. The van der Waals surface area contributed by atoms with Gasteiger partial charge in [-0.25, -0.2) is 0 Å². The normalized spacial score (nSPS) is 18.3. The molecule has 0 aromatic carbocycles. The highest BCUT2D eigenvalue weighted by Gasteiger charge is 2.42. The van der Waals surface area contributed by atoms with Gasteiger partial charge in [0.2, 0.25) is 5.91 Å². The van der Waals surface area contributed by atoms with E-state index in [1.54, 1.807) is 11.9 Å². The Balaban J connectivity index is 2.82. The first-order chi connectivity index (χ1) is 8.81. The van der Waals surface area contributed by atoms with Gasteiger partial charge in [0.25, 0.3) is 0 Å². The minimum absolute atomic E-state index is 0.0645. The molecule has 1 aliphatic rings. The van der Waals surface area contributed by atoms with Crippen molar-refractivity contribution in [3.63, 3.8) is 0 Å². The lowest BCUT2D eigenvalue weighted by molar-refractivity contribution is -0.140. The molecule has 110 valence electrons. The summed E-state index contributed by atoms with van der Waals surface area (Å²) in [7, 11) is 1.73. The number of amides is 1. The van der Waals surface area contributed by atoms with Crippen molar-refractivity contribution < 1.29 is 9.90 Å². The van der Waals surface area contributed by atoms with Crippen LogP contribution in [0.3, 0.4) is 0 Å². The lowest BCUT2D eigenvalue weighted by Gasteiger charge is -2.36. The summed E-state index contributed by atoms with van der Waals surface area (Å²) in [5, 5.41) is 10.4. The second-order valence-electron chi connectivity index (χ2n) is 5.75. The predicted molar refractivity (Wildman–Crippen MR) is 80.9 cm³/mol. The van der Waals surface area contributed by atoms with E-state index in [1.165, 1.54) is 0 Å². The van der Waals surface area contributed by atoms with Crippen molar-refractivity contribution in [1.82, 2.24) is 4.90 Å². The fraction of sp³-hybridized carbons (Fsp3) is 0.857. The van der Waals surface area contributed by atoms with E-state index in [0.717, 1.165) is 25.7 Å². The molecule has 0 radical (unpaired) electrons. The van der Waals surface area contributed by atoms with Gasteiger partial charge in [-0.05, 0) is 25.7 Å². The molecule has 3 N–H and O–H groups in total. The van der Waals surface area contributed by atoms with E-state index in [9.17, 15) is 9.90 Å². The van der Waals surface area contributed by atoms with E-state index in [-0.39, 0.29) is 10.9 Å². The van der Waals surface area contributed by atoms with Crippen LogP contribution in [0.15, 0.2) is 0 Å². The molecule has 0 bridgehead atoms. The summed E-state index contributed by atoms with van der Waals surface area (Å²) in [4.78, 5) is 14.5. The lowest BCUT2D eigenvalue weighted by atomic mass is 9.80. The van der Waals surface area contributed by atoms with Crippen LogP contribution < -0.4 is 5.73 Å². The average molecular weight is 286 g/mol. The number of nitrogens with two attached hydrogens (primary N) is 1. The van der Waals surface area contributed by atoms with Crippen molar-refractivity contribution >= 4 is 23.1 Å². The fourth-order valence-corrected chi connectivity index (χ4v) is 3.45. The second kappa shape index (κ2) is 6.18. The second-order valence-corrected chi connectivity index (χ2v) is 6.19. The summed E-state index contributed by atoms with van der Waals surface area (Å²) in [5.74, 6) is -0.0645. The van der Waals surface area contributed by atoms with Crippen molar-refractivity contribution in [1.29, 1.82) is 0 Å². The maximum atomic E-state index is 12.6. The van der Waals surface area contributed by atoms with Crippen molar-refractivity contribution in [3.05, 3.63) is 0 Å². The number of carbonyl (C=O) groups is 1. The number of likely N-dealkylation sites (N-methyl/N-ethyl adjacent to an activating group) is 1. The first kappa shape index (κ1) is 16.4. The first-order valence-corrected chi connectivity index (χ1v) is 7.50. The number of hydrogen-bond donors (Lipinski definition) is 2. The van der Waals surface area contributed by atoms with E-state index < -0.39 is 11.0 Å². The zero-order valence-electron chi connectivity index (χ0n) is 12.2. The molecule has 0 heterocycles. The fourth-order valence-electron chi connectivity index (χ4n) is 3.08. The van der Waals surface area contributed by atoms with Crippen LogP contribution in [0, 0.1) is 5.41 Å². The van der Waals surface area contributed by atoms with Crippen LogP contribution >= 0.6 is 12.2 Å². The third-order valence-corrected chi connectivity index (χ3v) is 4.89. The number of rotatable bonds is 6. The minimum Gasteiger partial charge on any atom is -0.392 e. The summed E-state index contributed by atoms with van der Waals surface area (Å²) >= 11 is 5.10. The summed E-state index contributed by atoms with van der Waals surface area (Å²) < 4.78 is 0. The molecule has 4 nitrogen and oxygen atoms in total. The Kier molecular flexibility index (Phi) is 5.33. The number of thiocarbonyl (C=S) groups is 1. The summed E-state index contributed by atoms with van der Waals surface area (Å²) in [6.45, 7) is 4.23. The van der Waals surface area contributed by atoms with Crippen molar-refractivity contribution in [2.75, 3.05) is 13.6 Å². The maximum absolute atomic E-state index is 12.6. The van der Waals surface area contributed by atoms with Gasteiger partial charge in [-0.2, -0.15) is 0 Å².